The standard InChI is InChI=1S/C14H27NO4/c1-14(15-2,13(16)17)7-3-4-8-19-11-12-5-9-18-10-6-12/h12,15H,3-11H2,1-2H3,(H,16,17). The van der Waals surface area contributed by atoms with Crippen LogP contribution in [-0.2, 0) is 14.3 Å². The van der Waals surface area contributed by atoms with Crippen molar-refractivity contribution in [3.05, 3.63) is 0 Å². The first kappa shape index (κ1) is 16.4. The number of ether oxygens (including phenoxy) is 2. The molecule has 1 aliphatic rings. The molecule has 0 aromatic carbocycles. The second-order valence-electron chi connectivity index (χ2n) is 5.48. The van der Waals surface area contributed by atoms with Crippen LogP contribution in [0.4, 0.5) is 0 Å². The first-order valence-corrected chi connectivity index (χ1v) is 7.16. The van der Waals surface area contributed by atoms with E-state index in [0.717, 1.165) is 52.1 Å². The fourth-order valence-electron chi connectivity index (χ4n) is 2.18. The predicted molar refractivity (Wildman–Crippen MR) is 73.3 cm³/mol. The van der Waals surface area contributed by atoms with Gasteiger partial charge in [-0.25, -0.2) is 0 Å². The van der Waals surface area contributed by atoms with E-state index in [1.807, 2.05) is 0 Å². The average molecular weight is 273 g/mol. The van der Waals surface area contributed by atoms with Crippen LogP contribution in [-0.4, -0.2) is 50.1 Å². The highest BCUT2D eigenvalue weighted by Crippen LogP contribution is 2.16. The summed E-state index contributed by atoms with van der Waals surface area (Å²) in [5, 5.41) is 12.0. The molecule has 2 N–H and O–H groups in total. The number of hydrogen-bond donors (Lipinski definition) is 2. The number of carboxylic acid groups (broad SMARTS) is 1. The van der Waals surface area contributed by atoms with Gasteiger partial charge in [-0.1, -0.05) is 0 Å². The SMILES string of the molecule is CNC(C)(CCCCOCC1CCOCC1)C(=O)O. The lowest BCUT2D eigenvalue weighted by atomic mass is 9.95. The molecule has 5 nitrogen and oxygen atoms in total. The zero-order valence-electron chi connectivity index (χ0n) is 12.1. The van der Waals surface area contributed by atoms with Crippen LogP contribution < -0.4 is 5.32 Å². The minimum atomic E-state index is -0.819. The van der Waals surface area contributed by atoms with Gasteiger partial charge in [-0.2, -0.15) is 0 Å². The van der Waals surface area contributed by atoms with E-state index in [1.54, 1.807) is 14.0 Å². The molecular weight excluding hydrogens is 246 g/mol. The molecule has 112 valence electrons. The maximum Gasteiger partial charge on any atom is 0.323 e. The van der Waals surface area contributed by atoms with Gasteiger partial charge in [-0.15, -0.1) is 0 Å². The van der Waals surface area contributed by atoms with Crippen molar-refractivity contribution in [2.75, 3.05) is 33.5 Å². The van der Waals surface area contributed by atoms with Crippen LogP contribution >= 0.6 is 0 Å². The lowest BCUT2D eigenvalue weighted by Crippen LogP contribution is -2.47. The summed E-state index contributed by atoms with van der Waals surface area (Å²) in [6.45, 7) is 4.96. The van der Waals surface area contributed by atoms with Gasteiger partial charge in [0.25, 0.3) is 0 Å². The van der Waals surface area contributed by atoms with Crippen molar-refractivity contribution in [2.24, 2.45) is 5.92 Å². The molecule has 0 saturated carbocycles. The zero-order valence-corrected chi connectivity index (χ0v) is 12.1. The molecule has 0 spiro atoms. The number of carbonyl (C=O) groups is 1. The zero-order chi connectivity index (χ0) is 14.1. The number of rotatable bonds is 9. The molecular formula is C14H27NO4. The van der Waals surface area contributed by atoms with Gasteiger partial charge in [0.05, 0.1) is 0 Å². The Labute approximate surface area is 115 Å². The second kappa shape index (κ2) is 8.51. The Balaban J connectivity index is 2.02. The fourth-order valence-corrected chi connectivity index (χ4v) is 2.18. The Kier molecular flexibility index (Phi) is 7.34. The van der Waals surface area contributed by atoms with Gasteiger partial charge >= 0.3 is 5.97 Å². The fraction of sp³-hybridized carbons (Fsp3) is 0.929. The normalized spacial score (nSPS) is 20.1. The summed E-state index contributed by atoms with van der Waals surface area (Å²) in [4.78, 5) is 11.1. The van der Waals surface area contributed by atoms with Crippen LogP contribution in [0.2, 0.25) is 0 Å². The lowest BCUT2D eigenvalue weighted by Gasteiger charge is -2.24. The third-order valence-electron chi connectivity index (χ3n) is 3.93. The molecule has 19 heavy (non-hydrogen) atoms. The van der Waals surface area contributed by atoms with E-state index in [1.165, 1.54) is 0 Å². The Morgan fingerprint density at radius 1 is 1.42 bits per heavy atom. The van der Waals surface area contributed by atoms with E-state index >= 15 is 0 Å². The molecule has 5 heteroatoms. The van der Waals surface area contributed by atoms with E-state index in [0.29, 0.717) is 12.3 Å². The van der Waals surface area contributed by atoms with Crippen molar-refractivity contribution >= 4 is 5.97 Å². The third-order valence-corrected chi connectivity index (χ3v) is 3.93. The van der Waals surface area contributed by atoms with Crippen molar-refractivity contribution in [3.8, 4) is 0 Å². The van der Waals surface area contributed by atoms with Crippen molar-refractivity contribution in [2.45, 2.75) is 44.6 Å². The number of unbranched alkanes of at least 4 members (excludes halogenated alkanes) is 1. The van der Waals surface area contributed by atoms with Crippen LogP contribution in [0.5, 0.6) is 0 Å². The van der Waals surface area contributed by atoms with Gasteiger partial charge in [0.2, 0.25) is 0 Å². The summed E-state index contributed by atoms with van der Waals surface area (Å²) in [5.41, 5.74) is -0.819. The van der Waals surface area contributed by atoms with Crippen LogP contribution in [0.25, 0.3) is 0 Å². The minimum Gasteiger partial charge on any atom is -0.480 e. The molecule has 0 aliphatic carbocycles. The number of likely N-dealkylation sites (N-methyl/N-ethyl adjacent to an activating group) is 1. The number of carboxylic acids is 1. The van der Waals surface area contributed by atoms with Crippen LogP contribution in [0, 0.1) is 5.92 Å². The van der Waals surface area contributed by atoms with Crippen LogP contribution in [0.15, 0.2) is 0 Å². The molecule has 1 aliphatic heterocycles. The lowest BCUT2D eigenvalue weighted by molar-refractivity contribution is -0.144. The summed E-state index contributed by atoms with van der Waals surface area (Å²) < 4.78 is 11.0. The first-order valence-electron chi connectivity index (χ1n) is 7.16. The Hall–Kier alpha value is -0.650. The molecule has 0 aromatic heterocycles. The molecule has 1 saturated heterocycles. The highest BCUT2D eigenvalue weighted by molar-refractivity contribution is 5.78. The maximum absolute atomic E-state index is 11.1. The number of aliphatic carboxylic acids is 1. The molecule has 1 rings (SSSR count). The van der Waals surface area contributed by atoms with Gasteiger partial charge in [-0.3, -0.25) is 4.79 Å². The number of hydrogen-bond acceptors (Lipinski definition) is 4. The summed E-state index contributed by atoms with van der Waals surface area (Å²) >= 11 is 0. The summed E-state index contributed by atoms with van der Waals surface area (Å²) in [5.74, 6) is -0.159. The average Bonchev–Trinajstić information content (AvgIpc) is 2.43. The Morgan fingerprint density at radius 2 is 2.11 bits per heavy atom. The van der Waals surface area contributed by atoms with Gasteiger partial charge in [0, 0.05) is 26.4 Å². The Bertz CT molecular complexity index is 266. The van der Waals surface area contributed by atoms with E-state index in [2.05, 4.69) is 5.32 Å². The van der Waals surface area contributed by atoms with E-state index < -0.39 is 11.5 Å². The maximum atomic E-state index is 11.1. The predicted octanol–water partition coefficient (Wildman–Crippen LogP) is 1.66. The van der Waals surface area contributed by atoms with Crippen LogP contribution in [0.3, 0.4) is 0 Å². The van der Waals surface area contributed by atoms with Crippen molar-refractivity contribution in [1.82, 2.24) is 5.32 Å². The van der Waals surface area contributed by atoms with Gasteiger partial charge in [0.15, 0.2) is 0 Å². The molecule has 1 unspecified atom stereocenters. The van der Waals surface area contributed by atoms with Crippen molar-refractivity contribution in [1.29, 1.82) is 0 Å². The summed E-state index contributed by atoms with van der Waals surface area (Å²) in [6, 6.07) is 0. The smallest absolute Gasteiger partial charge is 0.323 e. The minimum absolute atomic E-state index is 0.624. The Morgan fingerprint density at radius 3 is 2.68 bits per heavy atom. The van der Waals surface area contributed by atoms with E-state index in [-0.39, 0.29) is 0 Å². The van der Waals surface area contributed by atoms with Crippen molar-refractivity contribution < 1.29 is 19.4 Å². The second-order valence-corrected chi connectivity index (χ2v) is 5.48. The van der Waals surface area contributed by atoms with E-state index in [4.69, 9.17) is 14.6 Å². The monoisotopic (exact) mass is 273 g/mol. The third kappa shape index (κ3) is 5.89. The number of nitrogens with one attached hydrogen (secondary N) is 1. The quantitative estimate of drug-likeness (QED) is 0.625. The molecule has 1 fully saturated rings. The summed E-state index contributed by atoms with van der Waals surface area (Å²) in [6.07, 6.45) is 4.58. The topological polar surface area (TPSA) is 67.8 Å². The molecule has 0 amide bonds. The molecule has 0 radical (unpaired) electrons. The molecule has 0 aromatic rings. The largest absolute Gasteiger partial charge is 0.480 e. The highest BCUT2D eigenvalue weighted by atomic mass is 16.5. The molecule has 1 atom stereocenters. The van der Waals surface area contributed by atoms with Gasteiger partial charge in [0.1, 0.15) is 5.54 Å². The molecule has 1 heterocycles. The highest BCUT2D eigenvalue weighted by Gasteiger charge is 2.30. The molecule has 0 bridgehead atoms. The van der Waals surface area contributed by atoms with Crippen molar-refractivity contribution in [3.63, 3.8) is 0 Å². The van der Waals surface area contributed by atoms with Gasteiger partial charge < -0.3 is 19.9 Å². The first-order chi connectivity index (χ1) is 9.08. The van der Waals surface area contributed by atoms with Crippen LogP contribution in [0.1, 0.15) is 39.0 Å². The summed E-state index contributed by atoms with van der Waals surface area (Å²) in [7, 11) is 1.69. The van der Waals surface area contributed by atoms with Gasteiger partial charge in [-0.05, 0) is 52.0 Å². The van der Waals surface area contributed by atoms with E-state index in [9.17, 15) is 4.79 Å².